The zero-order valence-corrected chi connectivity index (χ0v) is 13.1. The maximum atomic E-state index is 13.9. The summed E-state index contributed by atoms with van der Waals surface area (Å²) in [6, 6.07) is 4.25. The van der Waals surface area contributed by atoms with Gasteiger partial charge >= 0.3 is 0 Å². The molecule has 0 spiro atoms. The third kappa shape index (κ3) is 4.32. The molecule has 0 saturated carbocycles. The van der Waals surface area contributed by atoms with Gasteiger partial charge in [0.25, 0.3) is 0 Å². The molecule has 2 rings (SSSR count). The van der Waals surface area contributed by atoms with Gasteiger partial charge in [0, 0.05) is 6.54 Å². The molecule has 1 heterocycles. The summed E-state index contributed by atoms with van der Waals surface area (Å²) in [6.45, 7) is 3.42. The molecule has 2 unspecified atom stereocenters. The van der Waals surface area contributed by atoms with Gasteiger partial charge in [-0.1, -0.05) is 6.07 Å². The molecule has 1 aromatic carbocycles. The number of methoxy groups -OCH3 is 1. The molecule has 4 nitrogen and oxygen atoms in total. The first-order valence-corrected chi connectivity index (χ1v) is 6.97. The largest absolute Gasteiger partial charge is 0.496 e. The number of piperidine rings is 1. The van der Waals surface area contributed by atoms with E-state index in [4.69, 9.17) is 4.74 Å². The van der Waals surface area contributed by atoms with E-state index in [1.54, 1.807) is 19.1 Å². The van der Waals surface area contributed by atoms with Gasteiger partial charge in [0.15, 0.2) is 0 Å². The van der Waals surface area contributed by atoms with Crippen LogP contribution in [0.15, 0.2) is 18.2 Å². The van der Waals surface area contributed by atoms with E-state index < -0.39 is 6.04 Å². The number of hydrogen-bond acceptors (Lipinski definition) is 3. The van der Waals surface area contributed by atoms with Crippen LogP contribution in [0.25, 0.3) is 0 Å². The quantitative estimate of drug-likeness (QED) is 0.897. The van der Waals surface area contributed by atoms with Crippen LogP contribution in [0, 0.1) is 11.7 Å². The summed E-state index contributed by atoms with van der Waals surface area (Å²) in [4.78, 5) is 12.2. The van der Waals surface area contributed by atoms with E-state index in [1.807, 2.05) is 0 Å². The van der Waals surface area contributed by atoms with Gasteiger partial charge < -0.3 is 15.4 Å². The van der Waals surface area contributed by atoms with Crippen LogP contribution in [0.3, 0.4) is 0 Å². The Morgan fingerprint density at radius 2 is 2.29 bits per heavy atom. The maximum absolute atomic E-state index is 13.9. The number of halogens is 2. The van der Waals surface area contributed by atoms with Crippen LogP contribution < -0.4 is 15.4 Å². The van der Waals surface area contributed by atoms with Gasteiger partial charge in [0.2, 0.25) is 5.91 Å². The molecule has 1 aromatic rings. The Kier molecular flexibility index (Phi) is 6.92. The molecule has 0 bridgehead atoms. The lowest BCUT2D eigenvalue weighted by atomic mass is 9.97. The molecular formula is C15H22ClFN2O2. The van der Waals surface area contributed by atoms with Crippen molar-refractivity contribution in [2.75, 3.05) is 20.2 Å². The highest BCUT2D eigenvalue weighted by Crippen LogP contribution is 2.28. The first-order valence-electron chi connectivity index (χ1n) is 6.97. The average Bonchev–Trinajstić information content (AvgIpc) is 2.47. The molecule has 118 valence electrons. The van der Waals surface area contributed by atoms with E-state index in [-0.39, 0.29) is 30.0 Å². The lowest BCUT2D eigenvalue weighted by molar-refractivity contribution is -0.126. The topological polar surface area (TPSA) is 50.4 Å². The van der Waals surface area contributed by atoms with Crippen molar-refractivity contribution < 1.29 is 13.9 Å². The van der Waals surface area contributed by atoms with E-state index in [2.05, 4.69) is 10.6 Å². The third-order valence-electron chi connectivity index (χ3n) is 3.69. The Hall–Kier alpha value is -1.33. The molecule has 21 heavy (non-hydrogen) atoms. The van der Waals surface area contributed by atoms with Gasteiger partial charge in [-0.2, -0.15) is 0 Å². The second-order valence-corrected chi connectivity index (χ2v) is 5.13. The number of carbonyl (C=O) groups is 1. The van der Waals surface area contributed by atoms with Crippen molar-refractivity contribution in [1.82, 2.24) is 10.6 Å². The fraction of sp³-hybridized carbons (Fsp3) is 0.533. The summed E-state index contributed by atoms with van der Waals surface area (Å²) in [7, 11) is 1.50. The molecule has 0 radical (unpaired) electrons. The van der Waals surface area contributed by atoms with Gasteiger partial charge in [-0.15, -0.1) is 12.4 Å². The highest BCUT2D eigenvalue weighted by Gasteiger charge is 2.24. The zero-order valence-electron chi connectivity index (χ0n) is 12.3. The smallest absolute Gasteiger partial charge is 0.224 e. The number of ether oxygens (including phenoxy) is 1. The summed E-state index contributed by atoms with van der Waals surface area (Å²) >= 11 is 0. The molecule has 2 N–H and O–H groups in total. The van der Waals surface area contributed by atoms with Crippen molar-refractivity contribution in [2.24, 2.45) is 5.92 Å². The Morgan fingerprint density at radius 1 is 1.52 bits per heavy atom. The van der Waals surface area contributed by atoms with Crippen molar-refractivity contribution in [3.8, 4) is 5.75 Å². The van der Waals surface area contributed by atoms with Crippen molar-refractivity contribution in [1.29, 1.82) is 0 Å². The number of amides is 1. The minimum absolute atomic E-state index is 0. The minimum atomic E-state index is -0.416. The van der Waals surface area contributed by atoms with Crippen molar-refractivity contribution >= 4 is 18.3 Å². The van der Waals surface area contributed by atoms with Crippen molar-refractivity contribution in [3.63, 3.8) is 0 Å². The average molecular weight is 317 g/mol. The van der Waals surface area contributed by atoms with Gasteiger partial charge in [-0.3, -0.25) is 4.79 Å². The molecule has 1 saturated heterocycles. The molecule has 0 aromatic heterocycles. The number of nitrogens with one attached hydrogen (secondary N) is 2. The fourth-order valence-corrected chi connectivity index (χ4v) is 2.59. The number of carbonyl (C=O) groups excluding carboxylic acids is 1. The zero-order chi connectivity index (χ0) is 14.5. The van der Waals surface area contributed by atoms with E-state index in [0.29, 0.717) is 17.9 Å². The van der Waals surface area contributed by atoms with Gasteiger partial charge in [0.05, 0.1) is 24.6 Å². The lowest BCUT2D eigenvalue weighted by Gasteiger charge is -2.25. The van der Waals surface area contributed by atoms with E-state index >= 15 is 0 Å². The van der Waals surface area contributed by atoms with Gasteiger partial charge in [0.1, 0.15) is 11.6 Å². The first kappa shape index (κ1) is 17.7. The summed E-state index contributed by atoms with van der Waals surface area (Å²) in [5.41, 5.74) is 0.395. The summed E-state index contributed by atoms with van der Waals surface area (Å²) < 4.78 is 19.1. The van der Waals surface area contributed by atoms with Crippen LogP contribution in [0.2, 0.25) is 0 Å². The van der Waals surface area contributed by atoms with E-state index in [1.165, 1.54) is 13.2 Å². The number of benzene rings is 1. The molecule has 6 heteroatoms. The highest BCUT2D eigenvalue weighted by molar-refractivity contribution is 5.85. The van der Waals surface area contributed by atoms with Crippen LogP contribution in [0.1, 0.15) is 31.4 Å². The fourth-order valence-electron chi connectivity index (χ4n) is 2.59. The lowest BCUT2D eigenvalue weighted by Crippen LogP contribution is -2.41. The summed E-state index contributed by atoms with van der Waals surface area (Å²) in [5, 5.41) is 6.09. The van der Waals surface area contributed by atoms with Crippen LogP contribution in [0.4, 0.5) is 4.39 Å². The highest BCUT2D eigenvalue weighted by atomic mass is 35.5. The van der Waals surface area contributed by atoms with E-state index in [0.717, 1.165) is 19.4 Å². The maximum Gasteiger partial charge on any atom is 0.224 e. The van der Waals surface area contributed by atoms with E-state index in [9.17, 15) is 9.18 Å². The Labute approximate surface area is 130 Å². The van der Waals surface area contributed by atoms with Gasteiger partial charge in [-0.05, 0) is 38.4 Å². The van der Waals surface area contributed by atoms with Crippen LogP contribution in [-0.2, 0) is 4.79 Å². The monoisotopic (exact) mass is 316 g/mol. The van der Waals surface area contributed by atoms with Gasteiger partial charge in [-0.25, -0.2) is 4.39 Å². The van der Waals surface area contributed by atoms with Crippen molar-refractivity contribution in [2.45, 2.75) is 25.8 Å². The van der Waals surface area contributed by atoms with Crippen molar-refractivity contribution in [3.05, 3.63) is 29.6 Å². The standard InChI is InChI=1S/C15H21FN2O2.ClH/c1-10(14-12(16)6-3-7-13(14)20-2)18-15(19)11-5-4-8-17-9-11;/h3,6-7,10-11,17H,4-5,8-9H2,1-2H3,(H,18,19);1H. The predicted molar refractivity (Wildman–Crippen MR) is 82.4 cm³/mol. The first-order chi connectivity index (χ1) is 9.63. The Balaban J connectivity index is 0.00000220. The molecule has 1 fully saturated rings. The predicted octanol–water partition coefficient (Wildman–Crippen LogP) is 2.43. The molecule has 1 aliphatic rings. The Bertz CT molecular complexity index is 479. The summed E-state index contributed by atoms with van der Waals surface area (Å²) in [6.07, 6.45) is 1.87. The molecule has 2 atom stereocenters. The molecular weight excluding hydrogens is 295 g/mol. The molecule has 0 aliphatic carbocycles. The van der Waals surface area contributed by atoms with Crippen LogP contribution in [-0.4, -0.2) is 26.1 Å². The SMILES string of the molecule is COc1cccc(F)c1C(C)NC(=O)C1CCCNC1.Cl. The normalized spacial score (nSPS) is 19.3. The second kappa shape index (κ2) is 8.20. The number of hydrogen-bond donors (Lipinski definition) is 2. The summed E-state index contributed by atoms with van der Waals surface area (Å²) in [5.74, 6) is 0.0254. The molecule has 1 aliphatic heterocycles. The Morgan fingerprint density at radius 3 is 2.90 bits per heavy atom. The molecule has 1 amide bonds. The number of rotatable bonds is 4. The van der Waals surface area contributed by atoms with Crippen LogP contribution >= 0.6 is 12.4 Å². The van der Waals surface area contributed by atoms with Crippen LogP contribution in [0.5, 0.6) is 5.75 Å². The second-order valence-electron chi connectivity index (χ2n) is 5.13. The third-order valence-corrected chi connectivity index (χ3v) is 3.69. The minimum Gasteiger partial charge on any atom is -0.496 e.